The average Bonchev–Trinajstić information content (AvgIpc) is 3.57. The minimum absolute atomic E-state index is 0.0456. The van der Waals surface area contributed by atoms with Gasteiger partial charge >= 0.3 is 12.1 Å². The Kier molecular flexibility index (Phi) is 6.12. The van der Waals surface area contributed by atoms with Gasteiger partial charge in [0.2, 0.25) is 11.8 Å². The van der Waals surface area contributed by atoms with E-state index in [1.165, 1.54) is 0 Å². The minimum atomic E-state index is -1.25. The molecule has 2 heterocycles. The number of benzene rings is 2. The number of nitrogens with zero attached hydrogens (tertiary/aromatic N) is 1. The molecule has 3 aliphatic rings. The number of carbonyl (C=O) groups is 4. The Morgan fingerprint density at radius 1 is 1.09 bits per heavy atom. The van der Waals surface area contributed by atoms with Crippen LogP contribution >= 0.6 is 0 Å². The van der Waals surface area contributed by atoms with Crippen LogP contribution in [0.25, 0.3) is 11.1 Å². The van der Waals surface area contributed by atoms with Crippen LogP contribution in [0.4, 0.5) is 4.79 Å². The number of rotatable bonds is 6. The van der Waals surface area contributed by atoms with E-state index in [1.807, 2.05) is 36.4 Å². The van der Waals surface area contributed by atoms with Gasteiger partial charge in [-0.3, -0.25) is 15.0 Å². The lowest BCUT2D eigenvalue weighted by molar-refractivity contribution is -0.152. The van der Waals surface area contributed by atoms with E-state index in [0.717, 1.165) is 27.3 Å². The fraction of sp³-hybridized carbons (Fsp3) is 0.360. The lowest BCUT2D eigenvalue weighted by Gasteiger charge is -2.22. The Hall–Kier alpha value is -3.92. The van der Waals surface area contributed by atoms with Crippen LogP contribution in [0.5, 0.6) is 0 Å². The molecule has 2 aromatic rings. The van der Waals surface area contributed by atoms with Gasteiger partial charge in [0.15, 0.2) is 6.04 Å². The zero-order valence-electron chi connectivity index (χ0n) is 18.8. The van der Waals surface area contributed by atoms with Crippen LogP contribution in [0.15, 0.2) is 48.5 Å². The van der Waals surface area contributed by atoms with Gasteiger partial charge in [-0.15, -0.1) is 0 Å². The minimum Gasteiger partial charge on any atom is -0.480 e. The Labute approximate surface area is 201 Å². The first-order chi connectivity index (χ1) is 16.9. The number of fused-ring (bicyclic) bond motifs is 3. The Balaban J connectivity index is 1.12. The Morgan fingerprint density at radius 2 is 1.74 bits per heavy atom. The fourth-order valence-corrected chi connectivity index (χ4v) is 4.99. The normalized spacial score (nSPS) is 22.9. The van der Waals surface area contributed by atoms with Crippen molar-refractivity contribution in [3.05, 3.63) is 59.7 Å². The number of carbonyl (C=O) groups excluding carboxylic acids is 3. The summed E-state index contributed by atoms with van der Waals surface area (Å²) in [6, 6.07) is 14.9. The summed E-state index contributed by atoms with van der Waals surface area (Å²) in [5.41, 5.74) is 6.84. The second-order valence-electron chi connectivity index (χ2n) is 8.90. The molecule has 3 atom stereocenters. The second kappa shape index (κ2) is 9.38. The molecule has 3 amide bonds. The maximum absolute atomic E-state index is 12.7. The molecule has 10 nitrogen and oxygen atoms in total. The summed E-state index contributed by atoms with van der Waals surface area (Å²) in [5.74, 6) is -2.92. The molecule has 2 fully saturated rings. The van der Waals surface area contributed by atoms with Crippen molar-refractivity contribution >= 4 is 23.9 Å². The molecule has 1 aliphatic carbocycles. The molecule has 0 radical (unpaired) electrons. The molecular weight excluding hydrogens is 454 g/mol. The molecular formula is C25H25N3O7. The van der Waals surface area contributed by atoms with Crippen molar-refractivity contribution in [2.24, 2.45) is 5.92 Å². The molecule has 0 spiro atoms. The zero-order chi connectivity index (χ0) is 24.5. The number of carboxylic acid groups (broad SMARTS) is 1. The van der Waals surface area contributed by atoms with Crippen molar-refractivity contribution in [3.63, 3.8) is 0 Å². The lowest BCUT2D eigenvalue weighted by Crippen LogP contribution is -2.49. The van der Waals surface area contributed by atoms with E-state index in [4.69, 9.17) is 9.47 Å². The fourth-order valence-electron chi connectivity index (χ4n) is 4.99. The summed E-state index contributed by atoms with van der Waals surface area (Å²) in [7, 11) is 0. The largest absolute Gasteiger partial charge is 0.480 e. The molecule has 0 aromatic heterocycles. The molecule has 0 bridgehead atoms. The average molecular weight is 479 g/mol. The highest BCUT2D eigenvalue weighted by molar-refractivity contribution is 5.94. The number of carboxylic acids is 1. The quantitative estimate of drug-likeness (QED) is 0.573. The van der Waals surface area contributed by atoms with Crippen LogP contribution < -0.4 is 10.7 Å². The summed E-state index contributed by atoms with van der Waals surface area (Å²) >= 11 is 0. The number of hydrogen-bond donors (Lipinski definition) is 3. The SMILES string of the molecule is O=C1CC(C(=O)O)N(C(=O)[C@@H]2CO[C@H](CNC(=O)OCC3c4ccccc4-c4ccccc43)C2)N1. The highest BCUT2D eigenvalue weighted by Crippen LogP contribution is 2.44. The first-order valence-electron chi connectivity index (χ1n) is 11.5. The van der Waals surface area contributed by atoms with E-state index >= 15 is 0 Å². The van der Waals surface area contributed by atoms with Gasteiger partial charge in [-0.1, -0.05) is 48.5 Å². The Morgan fingerprint density at radius 3 is 2.40 bits per heavy atom. The summed E-state index contributed by atoms with van der Waals surface area (Å²) < 4.78 is 11.1. The molecule has 2 aromatic carbocycles. The van der Waals surface area contributed by atoms with Gasteiger partial charge in [-0.25, -0.2) is 14.6 Å². The second-order valence-corrected chi connectivity index (χ2v) is 8.90. The molecule has 5 rings (SSSR count). The van der Waals surface area contributed by atoms with E-state index in [0.29, 0.717) is 6.42 Å². The Bertz CT molecular complexity index is 1140. The number of amides is 3. The molecule has 182 valence electrons. The maximum Gasteiger partial charge on any atom is 0.407 e. The highest BCUT2D eigenvalue weighted by atomic mass is 16.5. The van der Waals surface area contributed by atoms with Gasteiger partial charge in [-0.2, -0.15) is 0 Å². The van der Waals surface area contributed by atoms with Gasteiger partial charge in [0.1, 0.15) is 6.61 Å². The standard InChI is InChI=1S/C25H25N3O7/c29-22-10-21(24(31)32)28(27-22)23(30)14-9-15(34-12-14)11-26-25(33)35-13-20-18-7-3-1-5-16(18)17-6-2-4-8-19(17)20/h1-8,14-15,20-21H,9-13H2,(H,26,33)(H,27,29)(H,31,32)/t14-,15-,21?/m0/s1. The molecule has 10 heteroatoms. The number of hydrogen-bond acceptors (Lipinski definition) is 6. The number of nitrogens with one attached hydrogen (secondary N) is 2. The van der Waals surface area contributed by atoms with Crippen molar-refractivity contribution in [2.45, 2.75) is 30.9 Å². The molecule has 0 saturated carbocycles. The van der Waals surface area contributed by atoms with Gasteiger partial charge in [0.05, 0.1) is 25.0 Å². The van der Waals surface area contributed by atoms with Gasteiger partial charge < -0.3 is 19.9 Å². The molecule has 35 heavy (non-hydrogen) atoms. The van der Waals surface area contributed by atoms with Crippen LogP contribution in [0.1, 0.15) is 29.9 Å². The van der Waals surface area contributed by atoms with Crippen molar-refractivity contribution < 1.29 is 33.8 Å². The van der Waals surface area contributed by atoms with Gasteiger partial charge in [0.25, 0.3) is 0 Å². The van der Waals surface area contributed by atoms with Crippen LogP contribution in [0.2, 0.25) is 0 Å². The lowest BCUT2D eigenvalue weighted by atomic mass is 9.98. The van der Waals surface area contributed by atoms with Crippen LogP contribution in [-0.4, -0.2) is 65.9 Å². The van der Waals surface area contributed by atoms with Gasteiger partial charge in [0, 0.05) is 12.5 Å². The van der Waals surface area contributed by atoms with Crippen molar-refractivity contribution in [1.29, 1.82) is 0 Å². The van der Waals surface area contributed by atoms with E-state index in [-0.39, 0.29) is 32.1 Å². The number of ether oxygens (including phenoxy) is 2. The zero-order valence-corrected chi connectivity index (χ0v) is 18.8. The molecule has 2 aliphatic heterocycles. The third-order valence-electron chi connectivity index (χ3n) is 6.71. The summed E-state index contributed by atoms with van der Waals surface area (Å²) in [6.45, 7) is 0.418. The van der Waals surface area contributed by atoms with E-state index in [2.05, 4.69) is 22.9 Å². The topological polar surface area (TPSA) is 134 Å². The van der Waals surface area contributed by atoms with Crippen LogP contribution in [0.3, 0.4) is 0 Å². The highest BCUT2D eigenvalue weighted by Gasteiger charge is 2.43. The predicted molar refractivity (Wildman–Crippen MR) is 122 cm³/mol. The summed E-state index contributed by atoms with van der Waals surface area (Å²) in [6.07, 6.45) is -0.989. The molecule has 1 unspecified atom stereocenters. The number of hydrazine groups is 1. The molecule has 3 N–H and O–H groups in total. The van der Waals surface area contributed by atoms with Crippen molar-refractivity contribution in [2.75, 3.05) is 19.8 Å². The number of aliphatic carboxylic acids is 1. The summed E-state index contributed by atoms with van der Waals surface area (Å²) in [5, 5.41) is 12.8. The third-order valence-corrected chi connectivity index (χ3v) is 6.71. The van der Waals surface area contributed by atoms with Gasteiger partial charge in [-0.05, 0) is 28.7 Å². The summed E-state index contributed by atoms with van der Waals surface area (Å²) in [4.78, 5) is 48.0. The van der Waals surface area contributed by atoms with E-state index < -0.39 is 41.9 Å². The first kappa shape index (κ1) is 22.9. The van der Waals surface area contributed by atoms with Crippen LogP contribution in [-0.2, 0) is 23.9 Å². The maximum atomic E-state index is 12.7. The number of alkyl carbamates (subject to hydrolysis) is 1. The van der Waals surface area contributed by atoms with Crippen LogP contribution in [0, 0.1) is 5.92 Å². The smallest absolute Gasteiger partial charge is 0.407 e. The van der Waals surface area contributed by atoms with Crippen molar-refractivity contribution in [3.8, 4) is 11.1 Å². The molecule has 2 saturated heterocycles. The van der Waals surface area contributed by atoms with E-state index in [9.17, 15) is 24.3 Å². The monoisotopic (exact) mass is 479 g/mol. The predicted octanol–water partition coefficient (Wildman–Crippen LogP) is 1.65. The van der Waals surface area contributed by atoms with E-state index in [1.54, 1.807) is 0 Å². The first-order valence-corrected chi connectivity index (χ1v) is 11.5. The van der Waals surface area contributed by atoms with Crippen molar-refractivity contribution in [1.82, 2.24) is 15.8 Å². The third kappa shape index (κ3) is 4.44.